The molecular formula is C19H27N3O3. The number of carbonyl (C=O) groups excluding carboxylic acids is 2. The number of ether oxygens (including phenoxy) is 1. The summed E-state index contributed by atoms with van der Waals surface area (Å²) < 4.78 is 5.28. The Morgan fingerprint density at radius 3 is 2.76 bits per heavy atom. The number of methoxy groups -OCH3 is 1. The van der Waals surface area contributed by atoms with Crippen LogP contribution in [-0.4, -0.2) is 32.0 Å². The number of hydrogen-bond acceptors (Lipinski definition) is 4. The molecule has 0 aromatic heterocycles. The minimum Gasteiger partial charge on any atom is -0.495 e. The molecule has 1 aromatic rings. The SMILES string of the molecule is COc1ccc(NC(C)=O)cc1NCC(=O)NCCC1=CCCCC1. The Kier molecular flexibility index (Phi) is 7.32. The Morgan fingerprint density at radius 1 is 1.24 bits per heavy atom. The summed E-state index contributed by atoms with van der Waals surface area (Å²) in [6, 6.07) is 5.25. The lowest BCUT2D eigenvalue weighted by Crippen LogP contribution is -2.31. The van der Waals surface area contributed by atoms with E-state index in [1.165, 1.54) is 25.3 Å². The van der Waals surface area contributed by atoms with Crippen LogP contribution in [0.5, 0.6) is 5.75 Å². The molecule has 0 radical (unpaired) electrons. The molecule has 2 amide bonds. The molecule has 1 aliphatic carbocycles. The Balaban J connectivity index is 1.81. The largest absolute Gasteiger partial charge is 0.495 e. The molecular weight excluding hydrogens is 318 g/mol. The Labute approximate surface area is 149 Å². The molecule has 136 valence electrons. The van der Waals surface area contributed by atoms with E-state index in [2.05, 4.69) is 22.0 Å². The van der Waals surface area contributed by atoms with Gasteiger partial charge in [0.05, 0.1) is 19.3 Å². The van der Waals surface area contributed by atoms with E-state index < -0.39 is 0 Å². The summed E-state index contributed by atoms with van der Waals surface area (Å²) in [5.74, 6) is 0.406. The van der Waals surface area contributed by atoms with Crippen molar-refractivity contribution in [3.05, 3.63) is 29.8 Å². The molecule has 0 aliphatic heterocycles. The van der Waals surface area contributed by atoms with E-state index >= 15 is 0 Å². The van der Waals surface area contributed by atoms with Crippen molar-refractivity contribution >= 4 is 23.2 Å². The van der Waals surface area contributed by atoms with Crippen LogP contribution in [0.2, 0.25) is 0 Å². The molecule has 3 N–H and O–H groups in total. The highest BCUT2D eigenvalue weighted by Crippen LogP contribution is 2.27. The van der Waals surface area contributed by atoms with Gasteiger partial charge in [-0.25, -0.2) is 0 Å². The van der Waals surface area contributed by atoms with E-state index in [1.54, 1.807) is 25.3 Å². The topological polar surface area (TPSA) is 79.5 Å². The minimum absolute atomic E-state index is 0.0663. The lowest BCUT2D eigenvalue weighted by Gasteiger charge is -2.14. The van der Waals surface area contributed by atoms with Crippen LogP contribution in [0.3, 0.4) is 0 Å². The van der Waals surface area contributed by atoms with Crippen molar-refractivity contribution in [1.29, 1.82) is 0 Å². The van der Waals surface area contributed by atoms with Crippen molar-refractivity contribution in [2.24, 2.45) is 0 Å². The average Bonchev–Trinajstić information content (AvgIpc) is 2.60. The number of hydrogen-bond donors (Lipinski definition) is 3. The highest BCUT2D eigenvalue weighted by molar-refractivity contribution is 5.90. The molecule has 0 saturated carbocycles. The summed E-state index contributed by atoms with van der Waals surface area (Å²) in [6.45, 7) is 2.26. The van der Waals surface area contributed by atoms with E-state index in [-0.39, 0.29) is 18.4 Å². The van der Waals surface area contributed by atoms with Gasteiger partial charge in [-0.15, -0.1) is 0 Å². The standard InChI is InChI=1S/C19H27N3O3/c1-14(23)22-16-8-9-18(25-2)17(12-16)21-13-19(24)20-11-10-15-6-4-3-5-7-15/h6,8-9,12,21H,3-5,7,10-11,13H2,1-2H3,(H,20,24)(H,22,23). The number of allylic oxidation sites excluding steroid dienone is 1. The van der Waals surface area contributed by atoms with Gasteiger partial charge < -0.3 is 20.7 Å². The smallest absolute Gasteiger partial charge is 0.239 e. The number of anilines is 2. The third-order valence-corrected chi connectivity index (χ3v) is 4.11. The van der Waals surface area contributed by atoms with Crippen molar-refractivity contribution in [3.8, 4) is 5.75 Å². The molecule has 0 fully saturated rings. The van der Waals surface area contributed by atoms with Crippen molar-refractivity contribution < 1.29 is 14.3 Å². The summed E-state index contributed by atoms with van der Waals surface area (Å²) in [5, 5.41) is 8.71. The van der Waals surface area contributed by atoms with E-state index in [4.69, 9.17) is 4.74 Å². The number of rotatable bonds is 8. The van der Waals surface area contributed by atoms with Crippen LogP contribution in [0.4, 0.5) is 11.4 Å². The molecule has 0 unspecified atom stereocenters. The van der Waals surface area contributed by atoms with Gasteiger partial charge >= 0.3 is 0 Å². The molecule has 0 atom stereocenters. The number of carbonyl (C=O) groups is 2. The lowest BCUT2D eigenvalue weighted by molar-refractivity contribution is -0.119. The fourth-order valence-electron chi connectivity index (χ4n) is 2.86. The molecule has 0 spiro atoms. The number of amides is 2. The minimum atomic E-state index is -0.147. The average molecular weight is 345 g/mol. The van der Waals surface area contributed by atoms with Crippen molar-refractivity contribution in [1.82, 2.24) is 5.32 Å². The number of benzene rings is 1. The third kappa shape index (κ3) is 6.49. The first-order valence-electron chi connectivity index (χ1n) is 8.72. The maximum atomic E-state index is 12.0. The summed E-state index contributed by atoms with van der Waals surface area (Å²) in [5.41, 5.74) is 2.77. The fraction of sp³-hybridized carbons (Fsp3) is 0.474. The van der Waals surface area contributed by atoms with Gasteiger partial charge in [-0.3, -0.25) is 9.59 Å². The van der Waals surface area contributed by atoms with Gasteiger partial charge in [0.15, 0.2) is 0 Å². The van der Waals surface area contributed by atoms with Crippen molar-refractivity contribution in [2.45, 2.75) is 39.0 Å². The van der Waals surface area contributed by atoms with Gasteiger partial charge in [-0.1, -0.05) is 11.6 Å². The quantitative estimate of drug-likeness (QED) is 0.633. The van der Waals surface area contributed by atoms with E-state index in [0.29, 0.717) is 23.7 Å². The summed E-state index contributed by atoms with van der Waals surface area (Å²) in [4.78, 5) is 23.2. The zero-order valence-corrected chi connectivity index (χ0v) is 15.0. The number of nitrogens with one attached hydrogen (secondary N) is 3. The van der Waals surface area contributed by atoms with Crippen LogP contribution in [-0.2, 0) is 9.59 Å². The molecule has 25 heavy (non-hydrogen) atoms. The molecule has 0 heterocycles. The second-order valence-electron chi connectivity index (χ2n) is 6.16. The Morgan fingerprint density at radius 2 is 2.08 bits per heavy atom. The molecule has 1 aromatic carbocycles. The van der Waals surface area contributed by atoms with Crippen LogP contribution >= 0.6 is 0 Å². The molecule has 2 rings (SSSR count). The lowest BCUT2D eigenvalue weighted by atomic mass is 9.97. The van der Waals surface area contributed by atoms with Crippen molar-refractivity contribution in [2.75, 3.05) is 30.8 Å². The summed E-state index contributed by atoms with van der Waals surface area (Å²) in [6.07, 6.45) is 8.07. The second kappa shape index (κ2) is 9.71. The first-order valence-corrected chi connectivity index (χ1v) is 8.72. The maximum absolute atomic E-state index is 12.0. The Bertz CT molecular complexity index is 641. The predicted octanol–water partition coefficient (Wildman–Crippen LogP) is 3.07. The summed E-state index contributed by atoms with van der Waals surface area (Å²) >= 11 is 0. The predicted molar refractivity (Wildman–Crippen MR) is 100.0 cm³/mol. The first-order chi connectivity index (χ1) is 12.1. The van der Waals surface area contributed by atoms with Crippen LogP contribution in [0.1, 0.15) is 39.0 Å². The molecule has 1 aliphatic rings. The van der Waals surface area contributed by atoms with Gasteiger partial charge in [0.2, 0.25) is 11.8 Å². The van der Waals surface area contributed by atoms with E-state index in [9.17, 15) is 9.59 Å². The zero-order valence-electron chi connectivity index (χ0n) is 15.0. The fourth-order valence-corrected chi connectivity index (χ4v) is 2.86. The van der Waals surface area contributed by atoms with Crippen molar-refractivity contribution in [3.63, 3.8) is 0 Å². The highest BCUT2D eigenvalue weighted by Gasteiger charge is 2.08. The molecule has 0 bridgehead atoms. The third-order valence-electron chi connectivity index (χ3n) is 4.11. The van der Waals surface area contributed by atoms with Crippen LogP contribution in [0, 0.1) is 0 Å². The second-order valence-corrected chi connectivity index (χ2v) is 6.16. The first kappa shape index (κ1) is 18.8. The maximum Gasteiger partial charge on any atom is 0.239 e. The molecule has 6 nitrogen and oxygen atoms in total. The van der Waals surface area contributed by atoms with Gasteiger partial charge in [0.25, 0.3) is 0 Å². The molecule has 0 saturated heterocycles. The van der Waals surface area contributed by atoms with Gasteiger partial charge in [0.1, 0.15) is 5.75 Å². The van der Waals surface area contributed by atoms with E-state index in [1.807, 2.05) is 0 Å². The Hall–Kier alpha value is -2.50. The molecule has 6 heteroatoms. The summed E-state index contributed by atoms with van der Waals surface area (Å²) in [7, 11) is 1.57. The van der Waals surface area contributed by atoms with Crippen LogP contribution < -0.4 is 20.7 Å². The van der Waals surface area contributed by atoms with Gasteiger partial charge in [-0.2, -0.15) is 0 Å². The monoisotopic (exact) mass is 345 g/mol. The van der Waals surface area contributed by atoms with Crippen LogP contribution in [0.25, 0.3) is 0 Å². The van der Waals surface area contributed by atoms with Crippen LogP contribution in [0.15, 0.2) is 29.8 Å². The highest BCUT2D eigenvalue weighted by atomic mass is 16.5. The van der Waals surface area contributed by atoms with E-state index in [0.717, 1.165) is 19.3 Å². The van der Waals surface area contributed by atoms with Gasteiger partial charge in [-0.05, 0) is 50.3 Å². The zero-order chi connectivity index (χ0) is 18.1. The van der Waals surface area contributed by atoms with Gasteiger partial charge in [0, 0.05) is 19.2 Å². The normalized spacial score (nSPS) is 13.6.